The van der Waals surface area contributed by atoms with E-state index < -0.39 is 11.8 Å². The fourth-order valence-corrected chi connectivity index (χ4v) is 1.74. The lowest BCUT2D eigenvalue weighted by Crippen LogP contribution is -2.09. The zero-order valence-corrected chi connectivity index (χ0v) is 10.9. The van der Waals surface area contributed by atoms with Crippen molar-refractivity contribution in [2.75, 3.05) is 20.5 Å². The Bertz CT molecular complexity index is 454. The largest absolute Gasteiger partial charge is 0.464 e. The molecule has 1 aromatic heterocycles. The molecule has 1 rings (SSSR count). The number of aromatic nitrogens is 1. The van der Waals surface area contributed by atoms with Crippen LogP contribution in [-0.4, -0.2) is 37.2 Å². The van der Waals surface area contributed by atoms with Crippen LogP contribution < -0.4 is 0 Å². The number of carbonyl (C=O) groups is 2. The normalized spacial score (nSPS) is 9.89. The standard InChI is InChI=1S/C11H13NO5S/c1-4-16-11(14)8-5-18-10(12-8)9(13)7(2)17-6-15-3/h5H,2,4,6H2,1,3H3. The van der Waals surface area contributed by atoms with Gasteiger partial charge in [0.2, 0.25) is 0 Å². The van der Waals surface area contributed by atoms with E-state index in [1.54, 1.807) is 6.92 Å². The number of esters is 1. The second-order valence-corrected chi connectivity index (χ2v) is 3.92. The van der Waals surface area contributed by atoms with Gasteiger partial charge in [-0.05, 0) is 6.92 Å². The van der Waals surface area contributed by atoms with Crippen molar-refractivity contribution < 1.29 is 23.8 Å². The Balaban J connectivity index is 2.70. The van der Waals surface area contributed by atoms with Crippen molar-refractivity contribution in [2.45, 2.75) is 6.92 Å². The first-order valence-corrected chi connectivity index (χ1v) is 5.96. The van der Waals surface area contributed by atoms with Gasteiger partial charge in [0, 0.05) is 12.5 Å². The monoisotopic (exact) mass is 271 g/mol. The third-order valence-electron chi connectivity index (χ3n) is 1.79. The molecular weight excluding hydrogens is 258 g/mol. The molecule has 0 saturated heterocycles. The van der Waals surface area contributed by atoms with E-state index in [1.807, 2.05) is 0 Å². The minimum Gasteiger partial charge on any atom is -0.464 e. The molecule has 0 bridgehead atoms. The number of hydrogen-bond donors (Lipinski definition) is 0. The van der Waals surface area contributed by atoms with Gasteiger partial charge in [-0.2, -0.15) is 0 Å². The van der Waals surface area contributed by atoms with Crippen LogP contribution in [0.15, 0.2) is 17.7 Å². The lowest BCUT2D eigenvalue weighted by Gasteiger charge is -2.04. The zero-order chi connectivity index (χ0) is 13.5. The lowest BCUT2D eigenvalue weighted by molar-refractivity contribution is 0.00564. The number of rotatable bonds is 7. The Kier molecular flexibility index (Phi) is 5.47. The van der Waals surface area contributed by atoms with Crippen LogP contribution in [0, 0.1) is 0 Å². The molecule has 0 fully saturated rings. The van der Waals surface area contributed by atoms with E-state index in [1.165, 1.54) is 12.5 Å². The van der Waals surface area contributed by atoms with Gasteiger partial charge in [-0.1, -0.05) is 6.58 Å². The van der Waals surface area contributed by atoms with Crippen LogP contribution in [0.5, 0.6) is 0 Å². The second kappa shape index (κ2) is 6.87. The number of Topliss-reactive ketones (excluding diaryl/α,β-unsaturated/α-hetero) is 1. The van der Waals surface area contributed by atoms with E-state index in [4.69, 9.17) is 9.47 Å². The van der Waals surface area contributed by atoms with Gasteiger partial charge in [0.05, 0.1) is 6.61 Å². The van der Waals surface area contributed by atoms with Crippen molar-refractivity contribution in [3.63, 3.8) is 0 Å². The van der Waals surface area contributed by atoms with Gasteiger partial charge in [0.1, 0.15) is 0 Å². The molecule has 0 saturated carbocycles. The molecule has 0 aromatic carbocycles. The fourth-order valence-electron chi connectivity index (χ4n) is 0.992. The van der Waals surface area contributed by atoms with Crippen molar-refractivity contribution in [1.29, 1.82) is 0 Å². The minimum atomic E-state index is -0.559. The summed E-state index contributed by atoms with van der Waals surface area (Å²) in [5.41, 5.74) is 0.102. The van der Waals surface area contributed by atoms with Gasteiger partial charge in [-0.3, -0.25) is 4.79 Å². The van der Waals surface area contributed by atoms with E-state index in [0.29, 0.717) is 0 Å². The number of allylic oxidation sites excluding steroid dienone is 1. The lowest BCUT2D eigenvalue weighted by atomic mass is 10.3. The summed E-state index contributed by atoms with van der Waals surface area (Å²) < 4.78 is 14.3. The Morgan fingerprint density at radius 2 is 2.17 bits per heavy atom. The highest BCUT2D eigenvalue weighted by molar-refractivity contribution is 7.12. The van der Waals surface area contributed by atoms with Crippen LogP contribution in [0.3, 0.4) is 0 Å². The summed E-state index contributed by atoms with van der Waals surface area (Å²) in [7, 11) is 1.43. The van der Waals surface area contributed by atoms with Crippen molar-refractivity contribution in [1.82, 2.24) is 4.98 Å². The predicted octanol–water partition coefficient (Wildman–Crippen LogP) is 1.64. The highest BCUT2D eigenvalue weighted by Crippen LogP contribution is 2.15. The smallest absolute Gasteiger partial charge is 0.357 e. The summed E-state index contributed by atoms with van der Waals surface area (Å²) in [6.07, 6.45) is 0. The molecule has 0 aliphatic heterocycles. The first kappa shape index (κ1) is 14.3. The molecule has 0 radical (unpaired) electrons. The molecule has 1 heterocycles. The van der Waals surface area contributed by atoms with E-state index >= 15 is 0 Å². The number of thiazole rings is 1. The number of nitrogens with zero attached hydrogens (tertiary/aromatic N) is 1. The van der Waals surface area contributed by atoms with Gasteiger partial charge in [-0.15, -0.1) is 11.3 Å². The third kappa shape index (κ3) is 3.64. The molecule has 0 aliphatic rings. The molecular formula is C11H13NO5S. The second-order valence-electron chi connectivity index (χ2n) is 3.06. The van der Waals surface area contributed by atoms with Gasteiger partial charge in [-0.25, -0.2) is 9.78 Å². The third-order valence-corrected chi connectivity index (χ3v) is 2.63. The number of ketones is 1. The highest BCUT2D eigenvalue weighted by atomic mass is 32.1. The Hall–Kier alpha value is -1.73. The molecule has 1 aromatic rings. The first-order valence-electron chi connectivity index (χ1n) is 5.08. The Morgan fingerprint density at radius 1 is 1.44 bits per heavy atom. The topological polar surface area (TPSA) is 74.7 Å². The maximum atomic E-state index is 11.8. The maximum Gasteiger partial charge on any atom is 0.357 e. The molecule has 0 spiro atoms. The van der Waals surface area contributed by atoms with Crippen LogP contribution in [-0.2, 0) is 14.2 Å². The predicted molar refractivity (Wildman–Crippen MR) is 64.5 cm³/mol. The molecule has 7 heteroatoms. The highest BCUT2D eigenvalue weighted by Gasteiger charge is 2.19. The fraction of sp³-hybridized carbons (Fsp3) is 0.364. The van der Waals surface area contributed by atoms with E-state index in [-0.39, 0.29) is 29.9 Å². The van der Waals surface area contributed by atoms with Crippen LogP contribution in [0.2, 0.25) is 0 Å². The summed E-state index contributed by atoms with van der Waals surface area (Å²) in [5, 5.41) is 1.58. The average molecular weight is 271 g/mol. The van der Waals surface area contributed by atoms with Crippen LogP contribution in [0.1, 0.15) is 27.2 Å². The molecule has 0 atom stereocenters. The molecule has 0 unspecified atom stereocenters. The van der Waals surface area contributed by atoms with Crippen molar-refractivity contribution in [3.05, 3.63) is 28.4 Å². The van der Waals surface area contributed by atoms with Crippen molar-refractivity contribution in [3.8, 4) is 0 Å². The molecule has 0 N–H and O–H groups in total. The summed E-state index contributed by atoms with van der Waals surface area (Å²) >= 11 is 1.03. The zero-order valence-electron chi connectivity index (χ0n) is 10.1. The summed E-state index contributed by atoms with van der Waals surface area (Å²) in [5.74, 6) is -1.12. The summed E-state index contributed by atoms with van der Waals surface area (Å²) in [4.78, 5) is 27.0. The number of hydrogen-bond acceptors (Lipinski definition) is 7. The van der Waals surface area contributed by atoms with Crippen molar-refractivity contribution >= 4 is 23.1 Å². The molecule has 6 nitrogen and oxygen atoms in total. The van der Waals surface area contributed by atoms with Gasteiger partial charge in [0.15, 0.2) is 23.3 Å². The number of carbonyl (C=O) groups excluding carboxylic acids is 2. The van der Waals surface area contributed by atoms with Crippen LogP contribution in [0.4, 0.5) is 0 Å². The maximum absolute atomic E-state index is 11.8. The molecule has 18 heavy (non-hydrogen) atoms. The minimum absolute atomic E-state index is 0.0688. The molecule has 98 valence electrons. The Morgan fingerprint density at radius 3 is 2.78 bits per heavy atom. The SMILES string of the molecule is C=C(OCOC)C(=O)c1nc(C(=O)OCC)cs1. The Labute approximate surface area is 108 Å². The number of methoxy groups -OCH3 is 1. The van der Waals surface area contributed by atoms with Crippen LogP contribution >= 0.6 is 11.3 Å². The van der Waals surface area contributed by atoms with Gasteiger partial charge < -0.3 is 14.2 Å². The van der Waals surface area contributed by atoms with E-state index in [2.05, 4.69) is 16.3 Å². The number of ether oxygens (including phenoxy) is 3. The molecule has 0 aliphatic carbocycles. The quantitative estimate of drug-likeness (QED) is 0.247. The van der Waals surface area contributed by atoms with E-state index in [9.17, 15) is 9.59 Å². The van der Waals surface area contributed by atoms with Gasteiger partial charge >= 0.3 is 5.97 Å². The van der Waals surface area contributed by atoms with Crippen molar-refractivity contribution in [2.24, 2.45) is 0 Å². The van der Waals surface area contributed by atoms with Gasteiger partial charge in [0.25, 0.3) is 5.78 Å². The molecule has 0 amide bonds. The first-order chi connectivity index (χ1) is 8.60. The van der Waals surface area contributed by atoms with Crippen LogP contribution in [0.25, 0.3) is 0 Å². The summed E-state index contributed by atoms with van der Waals surface area (Å²) in [6.45, 7) is 5.33. The average Bonchev–Trinajstić information content (AvgIpc) is 2.84. The summed E-state index contributed by atoms with van der Waals surface area (Å²) in [6, 6.07) is 0. The van der Waals surface area contributed by atoms with E-state index in [0.717, 1.165) is 11.3 Å².